The number of hydrogen-bond acceptors (Lipinski definition) is 5. The number of aryl methyl sites for hydroxylation is 1. The van der Waals surface area contributed by atoms with Crippen LogP contribution in [-0.4, -0.2) is 56.6 Å². The van der Waals surface area contributed by atoms with Gasteiger partial charge in [-0.05, 0) is 43.5 Å². The number of ether oxygens (including phenoxy) is 2. The summed E-state index contributed by atoms with van der Waals surface area (Å²) in [5.41, 5.74) is 2.27. The molecule has 1 fully saturated rings. The molecule has 0 radical (unpaired) electrons. The van der Waals surface area contributed by atoms with E-state index < -0.39 is 0 Å². The van der Waals surface area contributed by atoms with E-state index in [0.717, 1.165) is 31.5 Å². The maximum atomic E-state index is 12.5. The molecule has 1 aliphatic heterocycles. The largest absolute Gasteiger partial charge is 0.497 e. The molecular formula is C23H29N3O4. The minimum atomic E-state index is -0.107. The second kappa shape index (κ2) is 10.1. The number of anilines is 1. The van der Waals surface area contributed by atoms with Gasteiger partial charge in [0.15, 0.2) is 0 Å². The van der Waals surface area contributed by atoms with Gasteiger partial charge in [0.1, 0.15) is 11.5 Å². The summed E-state index contributed by atoms with van der Waals surface area (Å²) < 4.78 is 10.5. The van der Waals surface area contributed by atoms with Gasteiger partial charge in [0, 0.05) is 30.8 Å². The van der Waals surface area contributed by atoms with Crippen LogP contribution in [0.15, 0.2) is 42.5 Å². The van der Waals surface area contributed by atoms with E-state index in [2.05, 4.69) is 15.5 Å². The highest BCUT2D eigenvalue weighted by molar-refractivity contribution is 5.96. The molecule has 2 N–H and O–H groups in total. The Morgan fingerprint density at radius 1 is 1.07 bits per heavy atom. The van der Waals surface area contributed by atoms with Gasteiger partial charge >= 0.3 is 0 Å². The lowest BCUT2D eigenvalue weighted by atomic mass is 10.0. The fraction of sp³-hybridized carbons (Fsp3) is 0.391. The monoisotopic (exact) mass is 411 g/mol. The zero-order valence-corrected chi connectivity index (χ0v) is 17.7. The molecule has 0 saturated carbocycles. The molecule has 0 aliphatic carbocycles. The van der Waals surface area contributed by atoms with E-state index in [0.29, 0.717) is 29.3 Å². The van der Waals surface area contributed by atoms with E-state index in [9.17, 15) is 9.59 Å². The molecule has 0 bridgehead atoms. The molecule has 0 spiro atoms. The molecule has 1 heterocycles. The first-order valence-electron chi connectivity index (χ1n) is 10.1. The Morgan fingerprint density at radius 3 is 2.47 bits per heavy atom. The standard InChI is InChI=1S/C23H29N3O4/c1-16-6-4-5-7-19(16)23(28)24-17-10-12-26(13-11-17)15-22(27)25-20-14-18(29-2)8-9-21(20)30-3/h4-9,14,17H,10-13,15H2,1-3H3,(H,24,28)(H,25,27). The number of carbonyl (C=O) groups is 2. The number of hydrogen-bond donors (Lipinski definition) is 2. The van der Waals surface area contributed by atoms with Crippen molar-refractivity contribution < 1.29 is 19.1 Å². The van der Waals surface area contributed by atoms with Crippen molar-refractivity contribution in [3.63, 3.8) is 0 Å². The molecule has 2 amide bonds. The van der Waals surface area contributed by atoms with E-state index in [1.165, 1.54) is 0 Å². The summed E-state index contributed by atoms with van der Waals surface area (Å²) in [5.74, 6) is 1.09. The van der Waals surface area contributed by atoms with E-state index in [-0.39, 0.29) is 17.9 Å². The first kappa shape index (κ1) is 21.6. The van der Waals surface area contributed by atoms with Crippen LogP contribution in [0.3, 0.4) is 0 Å². The van der Waals surface area contributed by atoms with E-state index in [4.69, 9.17) is 9.47 Å². The number of nitrogens with one attached hydrogen (secondary N) is 2. The molecule has 0 unspecified atom stereocenters. The van der Waals surface area contributed by atoms with Gasteiger partial charge in [0.05, 0.1) is 26.5 Å². The molecule has 1 saturated heterocycles. The predicted octanol–water partition coefficient (Wildman–Crippen LogP) is 2.85. The normalized spacial score (nSPS) is 14.8. The third-order valence-electron chi connectivity index (χ3n) is 5.36. The van der Waals surface area contributed by atoms with E-state index in [1.807, 2.05) is 31.2 Å². The Bertz CT molecular complexity index is 892. The van der Waals surface area contributed by atoms with E-state index in [1.54, 1.807) is 32.4 Å². The first-order chi connectivity index (χ1) is 14.5. The zero-order chi connectivity index (χ0) is 21.5. The van der Waals surface area contributed by atoms with Crippen molar-refractivity contribution in [2.24, 2.45) is 0 Å². The third kappa shape index (κ3) is 5.51. The molecule has 3 rings (SSSR count). The van der Waals surface area contributed by atoms with Crippen LogP contribution in [0, 0.1) is 6.92 Å². The van der Waals surface area contributed by atoms with Gasteiger partial charge in [-0.25, -0.2) is 0 Å². The molecule has 7 heteroatoms. The molecular weight excluding hydrogens is 382 g/mol. The number of likely N-dealkylation sites (tertiary alicyclic amines) is 1. The number of methoxy groups -OCH3 is 2. The smallest absolute Gasteiger partial charge is 0.251 e. The van der Waals surface area contributed by atoms with Crippen LogP contribution in [0.25, 0.3) is 0 Å². The highest BCUT2D eigenvalue weighted by Gasteiger charge is 2.23. The van der Waals surface area contributed by atoms with Gasteiger partial charge in [-0.2, -0.15) is 0 Å². The van der Waals surface area contributed by atoms with Gasteiger partial charge in [0.2, 0.25) is 5.91 Å². The molecule has 160 valence electrons. The van der Waals surface area contributed by atoms with Crippen molar-refractivity contribution in [1.82, 2.24) is 10.2 Å². The van der Waals surface area contributed by atoms with Crippen LogP contribution in [0.4, 0.5) is 5.69 Å². The number of nitrogens with zero attached hydrogens (tertiary/aromatic N) is 1. The quantitative estimate of drug-likeness (QED) is 0.732. The van der Waals surface area contributed by atoms with E-state index >= 15 is 0 Å². The van der Waals surface area contributed by atoms with Crippen LogP contribution >= 0.6 is 0 Å². The van der Waals surface area contributed by atoms with Crippen molar-refractivity contribution in [1.29, 1.82) is 0 Å². The van der Waals surface area contributed by atoms with Crippen LogP contribution in [0.5, 0.6) is 11.5 Å². The minimum absolute atomic E-state index is 0.0330. The number of amides is 2. The Hall–Kier alpha value is -3.06. The van der Waals surface area contributed by atoms with Crippen molar-refractivity contribution in [2.75, 3.05) is 39.2 Å². The molecule has 2 aromatic rings. The summed E-state index contributed by atoms with van der Waals surface area (Å²) in [7, 11) is 3.14. The predicted molar refractivity (Wildman–Crippen MR) is 116 cm³/mol. The summed E-state index contributed by atoms with van der Waals surface area (Å²) >= 11 is 0. The Kier molecular flexibility index (Phi) is 7.30. The average molecular weight is 412 g/mol. The molecule has 7 nitrogen and oxygen atoms in total. The van der Waals surface area contributed by atoms with Gasteiger partial charge in [0.25, 0.3) is 5.91 Å². The number of benzene rings is 2. The number of rotatable bonds is 7. The lowest BCUT2D eigenvalue weighted by Gasteiger charge is -2.32. The van der Waals surface area contributed by atoms with Gasteiger partial charge in [-0.15, -0.1) is 0 Å². The summed E-state index contributed by atoms with van der Waals surface area (Å²) in [6.07, 6.45) is 1.63. The number of piperidine rings is 1. The van der Waals surface area contributed by atoms with Gasteiger partial charge in [-0.3, -0.25) is 14.5 Å². The number of carbonyl (C=O) groups excluding carboxylic acids is 2. The minimum Gasteiger partial charge on any atom is -0.497 e. The van der Waals surface area contributed by atoms with Crippen LogP contribution in [0.1, 0.15) is 28.8 Å². The summed E-state index contributed by atoms with van der Waals surface area (Å²) in [4.78, 5) is 27.1. The Morgan fingerprint density at radius 2 is 1.80 bits per heavy atom. The molecule has 0 aromatic heterocycles. The van der Waals surface area contributed by atoms with Crippen LogP contribution in [0.2, 0.25) is 0 Å². The highest BCUT2D eigenvalue weighted by atomic mass is 16.5. The van der Waals surface area contributed by atoms with Crippen LogP contribution in [-0.2, 0) is 4.79 Å². The highest BCUT2D eigenvalue weighted by Crippen LogP contribution is 2.28. The second-order valence-corrected chi connectivity index (χ2v) is 7.45. The molecule has 30 heavy (non-hydrogen) atoms. The fourth-order valence-corrected chi connectivity index (χ4v) is 3.63. The van der Waals surface area contributed by atoms with Gasteiger partial charge in [-0.1, -0.05) is 18.2 Å². The van der Waals surface area contributed by atoms with Crippen LogP contribution < -0.4 is 20.1 Å². The maximum absolute atomic E-state index is 12.5. The summed E-state index contributed by atoms with van der Waals surface area (Å²) in [5, 5.41) is 6.02. The lowest BCUT2D eigenvalue weighted by molar-refractivity contribution is -0.117. The summed E-state index contributed by atoms with van der Waals surface area (Å²) in [6.45, 7) is 3.73. The topological polar surface area (TPSA) is 79.9 Å². The Balaban J connectivity index is 1.48. The van der Waals surface area contributed by atoms with Crippen molar-refractivity contribution in [2.45, 2.75) is 25.8 Å². The van der Waals surface area contributed by atoms with Crippen molar-refractivity contribution in [3.8, 4) is 11.5 Å². The second-order valence-electron chi connectivity index (χ2n) is 7.45. The maximum Gasteiger partial charge on any atom is 0.251 e. The van der Waals surface area contributed by atoms with Crippen molar-refractivity contribution in [3.05, 3.63) is 53.6 Å². The Labute approximate surface area is 177 Å². The SMILES string of the molecule is COc1ccc(OC)c(NC(=O)CN2CCC(NC(=O)c3ccccc3C)CC2)c1. The molecule has 0 atom stereocenters. The third-order valence-corrected chi connectivity index (χ3v) is 5.36. The molecule has 1 aliphatic rings. The fourth-order valence-electron chi connectivity index (χ4n) is 3.63. The first-order valence-corrected chi connectivity index (χ1v) is 10.1. The van der Waals surface area contributed by atoms with Crippen molar-refractivity contribution >= 4 is 17.5 Å². The molecule has 2 aromatic carbocycles. The summed E-state index contributed by atoms with van der Waals surface area (Å²) in [6, 6.07) is 13.0. The zero-order valence-electron chi connectivity index (χ0n) is 17.7. The lowest BCUT2D eigenvalue weighted by Crippen LogP contribution is -2.46. The average Bonchev–Trinajstić information content (AvgIpc) is 2.75. The van der Waals surface area contributed by atoms with Gasteiger partial charge < -0.3 is 20.1 Å².